The number of nitrogens with zero attached hydrogens (tertiary/aromatic N) is 1. The molecular formula is C17H22F3NO3. The number of alkyl halides is 3. The van der Waals surface area contributed by atoms with E-state index in [2.05, 4.69) is 0 Å². The van der Waals surface area contributed by atoms with Crippen molar-refractivity contribution < 1.29 is 27.8 Å². The number of aliphatic carboxylic acids is 1. The summed E-state index contributed by atoms with van der Waals surface area (Å²) in [6.45, 7) is 2.64. The van der Waals surface area contributed by atoms with Crippen LogP contribution < -0.4 is 4.74 Å². The zero-order valence-electron chi connectivity index (χ0n) is 13.6. The molecule has 4 nitrogen and oxygen atoms in total. The molecule has 24 heavy (non-hydrogen) atoms. The van der Waals surface area contributed by atoms with Gasteiger partial charge >= 0.3 is 12.1 Å². The summed E-state index contributed by atoms with van der Waals surface area (Å²) in [6, 6.07) is 4.65. The Morgan fingerprint density at radius 1 is 1.38 bits per heavy atom. The molecule has 2 rings (SSSR count). The predicted molar refractivity (Wildman–Crippen MR) is 83.0 cm³/mol. The highest BCUT2D eigenvalue weighted by atomic mass is 19.4. The fourth-order valence-corrected chi connectivity index (χ4v) is 2.59. The number of hydrogen-bond donors (Lipinski definition) is 1. The molecule has 0 saturated heterocycles. The second-order valence-electron chi connectivity index (χ2n) is 6.06. The Kier molecular flexibility index (Phi) is 6.10. The van der Waals surface area contributed by atoms with E-state index >= 15 is 0 Å². The number of hydrogen-bond acceptors (Lipinski definition) is 3. The molecular weight excluding hydrogens is 323 g/mol. The van der Waals surface area contributed by atoms with Gasteiger partial charge in [-0.3, -0.25) is 9.69 Å². The lowest BCUT2D eigenvalue weighted by Gasteiger charge is -2.26. The minimum atomic E-state index is -4.38. The van der Waals surface area contributed by atoms with E-state index in [0.29, 0.717) is 25.6 Å². The maximum atomic E-state index is 12.6. The molecule has 1 aromatic carbocycles. The van der Waals surface area contributed by atoms with Crippen molar-refractivity contribution in [3.05, 3.63) is 29.8 Å². The van der Waals surface area contributed by atoms with Crippen molar-refractivity contribution in [1.29, 1.82) is 0 Å². The first-order valence-corrected chi connectivity index (χ1v) is 8.07. The number of rotatable bonds is 9. The quantitative estimate of drug-likeness (QED) is 0.692. The zero-order valence-corrected chi connectivity index (χ0v) is 13.6. The van der Waals surface area contributed by atoms with Gasteiger partial charge in [0, 0.05) is 6.04 Å². The Hall–Kier alpha value is -1.76. The Balaban J connectivity index is 1.74. The number of halogens is 3. The van der Waals surface area contributed by atoms with Crippen LogP contribution in [-0.2, 0) is 11.0 Å². The minimum absolute atomic E-state index is 0.197. The third-order valence-corrected chi connectivity index (χ3v) is 4.11. The van der Waals surface area contributed by atoms with Crippen LogP contribution in [0.25, 0.3) is 0 Å². The summed E-state index contributed by atoms with van der Waals surface area (Å²) < 4.78 is 43.2. The zero-order chi connectivity index (χ0) is 17.7. The highest BCUT2D eigenvalue weighted by Crippen LogP contribution is 2.31. The molecule has 1 atom stereocenters. The Bertz CT molecular complexity index is 558. The van der Waals surface area contributed by atoms with E-state index in [4.69, 9.17) is 9.84 Å². The van der Waals surface area contributed by atoms with Crippen molar-refractivity contribution >= 4 is 5.97 Å². The fourth-order valence-electron chi connectivity index (χ4n) is 2.59. The van der Waals surface area contributed by atoms with E-state index in [1.165, 1.54) is 12.1 Å². The highest BCUT2D eigenvalue weighted by Gasteiger charge is 2.34. The van der Waals surface area contributed by atoms with Gasteiger partial charge in [0.15, 0.2) is 0 Å². The molecule has 0 radical (unpaired) electrons. The third kappa shape index (κ3) is 5.40. The van der Waals surface area contributed by atoms with Gasteiger partial charge in [-0.1, -0.05) is 6.07 Å². The number of ether oxygens (including phenoxy) is 1. The van der Waals surface area contributed by atoms with Crippen molar-refractivity contribution in [3.8, 4) is 5.75 Å². The van der Waals surface area contributed by atoms with Crippen molar-refractivity contribution in [3.63, 3.8) is 0 Å². The van der Waals surface area contributed by atoms with E-state index in [9.17, 15) is 18.0 Å². The lowest BCUT2D eigenvalue weighted by atomic mass is 10.2. The number of carbonyl (C=O) groups is 1. The van der Waals surface area contributed by atoms with E-state index in [-0.39, 0.29) is 5.75 Å². The summed E-state index contributed by atoms with van der Waals surface area (Å²) in [6.07, 6.45) is -0.924. The van der Waals surface area contributed by atoms with Gasteiger partial charge in [0.25, 0.3) is 0 Å². The van der Waals surface area contributed by atoms with Crippen LogP contribution in [-0.4, -0.2) is 41.2 Å². The largest absolute Gasteiger partial charge is 0.494 e. The van der Waals surface area contributed by atoms with Gasteiger partial charge in [-0.05, 0) is 57.4 Å². The first-order chi connectivity index (χ1) is 11.3. The molecule has 1 fully saturated rings. The van der Waals surface area contributed by atoms with Gasteiger partial charge in [0.05, 0.1) is 12.2 Å². The van der Waals surface area contributed by atoms with Crippen molar-refractivity contribution in [2.24, 2.45) is 0 Å². The van der Waals surface area contributed by atoms with Crippen molar-refractivity contribution in [2.45, 2.75) is 50.9 Å². The summed E-state index contributed by atoms with van der Waals surface area (Å²) in [4.78, 5) is 13.1. The predicted octanol–water partition coefficient (Wildman–Crippen LogP) is 3.80. The molecule has 7 heteroatoms. The maximum absolute atomic E-state index is 12.6. The number of carboxylic acid groups (broad SMARTS) is 1. The fraction of sp³-hybridized carbons (Fsp3) is 0.588. The highest BCUT2D eigenvalue weighted by molar-refractivity contribution is 5.73. The summed E-state index contributed by atoms with van der Waals surface area (Å²) in [5, 5.41) is 9.11. The number of carboxylic acids is 1. The first-order valence-electron chi connectivity index (χ1n) is 8.07. The van der Waals surface area contributed by atoms with Gasteiger partial charge in [0.2, 0.25) is 0 Å². The summed E-state index contributed by atoms with van der Waals surface area (Å²) in [5.74, 6) is -0.634. The topological polar surface area (TPSA) is 49.8 Å². The van der Waals surface area contributed by atoms with Gasteiger partial charge in [-0.2, -0.15) is 13.2 Å². The molecule has 134 valence electrons. The monoisotopic (exact) mass is 345 g/mol. The Morgan fingerprint density at radius 2 is 2.08 bits per heavy atom. The molecule has 0 aromatic heterocycles. The minimum Gasteiger partial charge on any atom is -0.494 e. The van der Waals surface area contributed by atoms with Crippen LogP contribution in [0.5, 0.6) is 5.75 Å². The molecule has 0 bridgehead atoms. The van der Waals surface area contributed by atoms with E-state index in [1.807, 2.05) is 4.90 Å². The Morgan fingerprint density at radius 3 is 2.67 bits per heavy atom. The van der Waals surface area contributed by atoms with Gasteiger partial charge in [-0.15, -0.1) is 0 Å². The summed E-state index contributed by atoms with van der Waals surface area (Å²) in [5.41, 5.74) is -0.727. The van der Waals surface area contributed by atoms with E-state index < -0.39 is 23.8 Å². The SMILES string of the molecule is CC(C(=O)O)N(CCCCOc1cccc(C(F)(F)F)c1)C1CC1. The van der Waals surface area contributed by atoms with Crippen LogP contribution in [0.1, 0.15) is 38.2 Å². The van der Waals surface area contributed by atoms with Gasteiger partial charge < -0.3 is 9.84 Å². The van der Waals surface area contributed by atoms with Gasteiger partial charge in [0.1, 0.15) is 11.8 Å². The average molecular weight is 345 g/mol. The second kappa shape index (κ2) is 7.88. The van der Waals surface area contributed by atoms with Crippen LogP contribution in [0, 0.1) is 0 Å². The third-order valence-electron chi connectivity index (χ3n) is 4.11. The molecule has 0 aliphatic heterocycles. The lowest BCUT2D eigenvalue weighted by Crippen LogP contribution is -2.41. The second-order valence-corrected chi connectivity index (χ2v) is 6.06. The molecule has 0 spiro atoms. The normalized spacial score (nSPS) is 16.2. The van der Waals surface area contributed by atoms with Crippen LogP contribution in [0.3, 0.4) is 0 Å². The molecule has 1 aromatic rings. The van der Waals surface area contributed by atoms with Crippen LogP contribution in [0.15, 0.2) is 24.3 Å². The van der Waals surface area contributed by atoms with Crippen LogP contribution in [0.2, 0.25) is 0 Å². The lowest BCUT2D eigenvalue weighted by molar-refractivity contribution is -0.143. The number of unbranched alkanes of at least 4 members (excludes halogenated alkanes) is 1. The molecule has 0 amide bonds. The molecule has 1 N–H and O–H groups in total. The van der Waals surface area contributed by atoms with E-state index in [1.54, 1.807) is 6.92 Å². The van der Waals surface area contributed by atoms with Gasteiger partial charge in [-0.25, -0.2) is 0 Å². The molecule has 1 unspecified atom stereocenters. The first kappa shape index (κ1) is 18.6. The van der Waals surface area contributed by atoms with Crippen LogP contribution >= 0.6 is 0 Å². The summed E-state index contributed by atoms with van der Waals surface area (Å²) in [7, 11) is 0. The average Bonchev–Trinajstić information content (AvgIpc) is 3.34. The smallest absolute Gasteiger partial charge is 0.416 e. The van der Waals surface area contributed by atoms with Crippen molar-refractivity contribution in [2.75, 3.05) is 13.2 Å². The Labute approximate surface area is 139 Å². The van der Waals surface area contributed by atoms with Crippen molar-refractivity contribution in [1.82, 2.24) is 4.90 Å². The van der Waals surface area contributed by atoms with Crippen LogP contribution in [0.4, 0.5) is 13.2 Å². The number of benzene rings is 1. The molecule has 1 saturated carbocycles. The van der Waals surface area contributed by atoms with E-state index in [0.717, 1.165) is 31.4 Å². The summed E-state index contributed by atoms with van der Waals surface area (Å²) >= 11 is 0. The molecule has 1 aliphatic carbocycles. The molecule has 0 heterocycles. The standard InChI is InChI=1S/C17H22F3NO3/c1-12(16(22)23)21(14-7-8-14)9-2-3-10-24-15-6-4-5-13(11-15)17(18,19)20/h4-6,11-12,14H,2-3,7-10H2,1H3,(H,22,23). The maximum Gasteiger partial charge on any atom is 0.416 e. The molecule has 1 aliphatic rings.